The smallest absolute Gasteiger partial charge is 0.150 e. The van der Waals surface area contributed by atoms with Crippen molar-refractivity contribution in [1.29, 1.82) is 0 Å². The number of benzene rings is 3. The molecule has 1 saturated heterocycles. The van der Waals surface area contributed by atoms with E-state index in [0.29, 0.717) is 17.2 Å². The Hall–Kier alpha value is -3.24. The van der Waals surface area contributed by atoms with Crippen molar-refractivity contribution in [3.8, 4) is 22.3 Å². The second-order valence-electron chi connectivity index (χ2n) is 8.64. The molecule has 0 radical (unpaired) electrons. The maximum Gasteiger partial charge on any atom is 0.150 e. The largest absolute Gasteiger partial charge is 0.461 e. The van der Waals surface area contributed by atoms with E-state index in [1.165, 1.54) is 31.5 Å². The Morgan fingerprint density at radius 2 is 1.94 bits per heavy atom. The van der Waals surface area contributed by atoms with Crippen LogP contribution in [0, 0.1) is 5.82 Å². The quantitative estimate of drug-likeness (QED) is 0.319. The van der Waals surface area contributed by atoms with Gasteiger partial charge >= 0.3 is 0 Å². The van der Waals surface area contributed by atoms with E-state index in [9.17, 15) is 9.18 Å². The highest BCUT2D eigenvalue weighted by atomic mass is 19.1. The number of aldehydes is 1. The fraction of sp³-hybridized carbons (Fsp3) is 0.250. The first-order valence-corrected chi connectivity index (χ1v) is 11.2. The van der Waals surface area contributed by atoms with Gasteiger partial charge in [0.2, 0.25) is 0 Å². The zero-order valence-corrected chi connectivity index (χ0v) is 18.2. The Kier molecular flexibility index (Phi) is 5.62. The van der Waals surface area contributed by atoms with Crippen molar-refractivity contribution in [2.45, 2.75) is 32.2 Å². The lowest BCUT2D eigenvalue weighted by molar-refractivity contribution is 0.112. The number of nitrogens with zero attached hydrogens (tertiary/aromatic N) is 1. The number of fused-ring (bicyclic) bond motifs is 1. The van der Waals surface area contributed by atoms with Gasteiger partial charge in [0.25, 0.3) is 0 Å². The van der Waals surface area contributed by atoms with Crippen LogP contribution < -0.4 is 0 Å². The third-order valence-corrected chi connectivity index (χ3v) is 6.55. The summed E-state index contributed by atoms with van der Waals surface area (Å²) in [5.41, 5.74) is 4.71. The summed E-state index contributed by atoms with van der Waals surface area (Å²) in [6.45, 7) is 4.47. The average Bonchev–Trinajstić information content (AvgIpc) is 3.41. The van der Waals surface area contributed by atoms with Crippen LogP contribution in [0.25, 0.3) is 33.2 Å². The van der Waals surface area contributed by atoms with Crippen LogP contribution in [0.1, 0.15) is 35.9 Å². The van der Waals surface area contributed by atoms with Gasteiger partial charge in [0.05, 0.1) is 0 Å². The first-order chi connectivity index (χ1) is 15.6. The number of halogens is 1. The van der Waals surface area contributed by atoms with Gasteiger partial charge in [0, 0.05) is 35.5 Å². The van der Waals surface area contributed by atoms with Crippen molar-refractivity contribution in [2.75, 3.05) is 13.1 Å². The molecular weight excluding hydrogens is 401 g/mol. The van der Waals surface area contributed by atoms with Gasteiger partial charge in [-0.3, -0.25) is 4.79 Å². The molecule has 0 aliphatic carbocycles. The Bertz CT molecular complexity index is 1280. The van der Waals surface area contributed by atoms with E-state index in [4.69, 9.17) is 4.42 Å². The number of rotatable bonds is 6. The summed E-state index contributed by atoms with van der Waals surface area (Å²) in [7, 11) is 0. The van der Waals surface area contributed by atoms with Crippen LogP contribution in [0.5, 0.6) is 0 Å². The monoisotopic (exact) mass is 427 g/mol. The first kappa shape index (κ1) is 20.7. The Balaban J connectivity index is 1.50. The fourth-order valence-corrected chi connectivity index (χ4v) is 4.84. The molecule has 4 aromatic rings. The zero-order valence-electron chi connectivity index (χ0n) is 18.2. The molecule has 1 aromatic heterocycles. The van der Waals surface area contributed by atoms with Gasteiger partial charge in [-0.15, -0.1) is 0 Å². The molecule has 162 valence electrons. The normalized spacial score (nSPS) is 16.6. The molecule has 0 N–H and O–H groups in total. The predicted octanol–water partition coefficient (Wildman–Crippen LogP) is 6.75. The van der Waals surface area contributed by atoms with Crippen molar-refractivity contribution in [3.63, 3.8) is 0 Å². The highest BCUT2D eigenvalue weighted by molar-refractivity contribution is 5.97. The van der Waals surface area contributed by atoms with Gasteiger partial charge < -0.3 is 9.32 Å². The third-order valence-electron chi connectivity index (χ3n) is 6.55. The number of carbonyl (C=O) groups is 1. The van der Waals surface area contributed by atoms with E-state index in [1.807, 2.05) is 30.3 Å². The molecule has 0 spiro atoms. The van der Waals surface area contributed by atoms with Gasteiger partial charge in [0.15, 0.2) is 6.29 Å². The van der Waals surface area contributed by atoms with Gasteiger partial charge in [0.1, 0.15) is 17.2 Å². The molecule has 4 heteroatoms. The summed E-state index contributed by atoms with van der Waals surface area (Å²) >= 11 is 0. The summed E-state index contributed by atoms with van der Waals surface area (Å²) < 4.78 is 20.0. The second-order valence-corrected chi connectivity index (χ2v) is 8.64. The number of carbonyl (C=O) groups excluding carboxylic acids is 1. The Morgan fingerprint density at radius 1 is 1.06 bits per heavy atom. The molecule has 5 rings (SSSR count). The SMILES string of the molecule is C[C@@H]1CCCN1CCc1cc2cc(-c3cccc(C=O)c3-c3cccc(F)c3)ccc2o1. The third kappa shape index (κ3) is 3.98. The van der Waals surface area contributed by atoms with E-state index in [-0.39, 0.29) is 5.82 Å². The van der Waals surface area contributed by atoms with Crippen LogP contribution in [-0.4, -0.2) is 30.3 Å². The van der Waals surface area contributed by atoms with Gasteiger partial charge in [-0.25, -0.2) is 4.39 Å². The lowest BCUT2D eigenvalue weighted by Gasteiger charge is -2.19. The standard InChI is InChI=1S/C28H26FNO2/c1-19-5-4-13-30(19)14-12-25-17-23-15-20(10-11-27(23)32-25)26-9-3-7-22(18-31)28(26)21-6-2-8-24(29)16-21/h2-3,6-11,15-19H,4-5,12-14H2,1H3/t19-/m1/s1. The maximum atomic E-state index is 13.9. The highest BCUT2D eigenvalue weighted by Gasteiger charge is 2.20. The summed E-state index contributed by atoms with van der Waals surface area (Å²) in [5, 5.41) is 1.04. The molecule has 1 aliphatic heterocycles. The molecule has 0 bridgehead atoms. The molecule has 1 aliphatic rings. The lowest BCUT2D eigenvalue weighted by Crippen LogP contribution is -2.28. The van der Waals surface area contributed by atoms with Gasteiger partial charge in [-0.05, 0) is 73.3 Å². The molecule has 2 heterocycles. The topological polar surface area (TPSA) is 33.5 Å². The lowest BCUT2D eigenvalue weighted by atomic mass is 9.90. The van der Waals surface area contributed by atoms with Crippen LogP contribution in [0.4, 0.5) is 4.39 Å². The van der Waals surface area contributed by atoms with Crippen LogP contribution in [0.3, 0.4) is 0 Å². The van der Waals surface area contributed by atoms with E-state index >= 15 is 0 Å². The average molecular weight is 428 g/mol. The molecular formula is C28H26FNO2. The number of hydrogen-bond donors (Lipinski definition) is 0. The number of hydrogen-bond acceptors (Lipinski definition) is 3. The summed E-state index contributed by atoms with van der Waals surface area (Å²) in [4.78, 5) is 14.3. The molecule has 1 atom stereocenters. The Morgan fingerprint density at radius 3 is 2.72 bits per heavy atom. The molecule has 3 aromatic carbocycles. The van der Waals surface area contributed by atoms with Crippen molar-refractivity contribution in [2.24, 2.45) is 0 Å². The predicted molar refractivity (Wildman–Crippen MR) is 126 cm³/mol. The first-order valence-electron chi connectivity index (χ1n) is 11.2. The molecule has 0 unspecified atom stereocenters. The molecule has 0 saturated carbocycles. The zero-order chi connectivity index (χ0) is 22.1. The minimum Gasteiger partial charge on any atom is -0.461 e. The second kappa shape index (κ2) is 8.71. The van der Waals surface area contributed by atoms with E-state index < -0.39 is 0 Å². The van der Waals surface area contributed by atoms with Crippen molar-refractivity contribution >= 4 is 17.3 Å². The minimum absolute atomic E-state index is 0.323. The van der Waals surface area contributed by atoms with Crippen LogP contribution in [0.15, 0.2) is 71.1 Å². The van der Waals surface area contributed by atoms with Crippen molar-refractivity contribution < 1.29 is 13.6 Å². The fourth-order valence-electron chi connectivity index (χ4n) is 4.84. The van der Waals surface area contributed by atoms with Crippen LogP contribution >= 0.6 is 0 Å². The maximum absolute atomic E-state index is 13.9. The van der Waals surface area contributed by atoms with Crippen molar-refractivity contribution in [3.05, 3.63) is 83.9 Å². The Labute approximate surface area is 187 Å². The summed E-state index contributed by atoms with van der Waals surface area (Å²) in [6, 6.07) is 20.8. The van der Waals surface area contributed by atoms with Gasteiger partial charge in [-0.2, -0.15) is 0 Å². The molecule has 1 fully saturated rings. The highest BCUT2D eigenvalue weighted by Crippen LogP contribution is 2.36. The van der Waals surface area contributed by atoms with Crippen molar-refractivity contribution in [1.82, 2.24) is 4.90 Å². The van der Waals surface area contributed by atoms with E-state index in [1.54, 1.807) is 12.1 Å². The minimum atomic E-state index is -0.323. The van der Waals surface area contributed by atoms with E-state index in [0.717, 1.165) is 52.7 Å². The van der Waals surface area contributed by atoms with Crippen LogP contribution in [0.2, 0.25) is 0 Å². The molecule has 32 heavy (non-hydrogen) atoms. The number of likely N-dealkylation sites (tertiary alicyclic amines) is 1. The molecule has 0 amide bonds. The number of furan rings is 1. The van der Waals surface area contributed by atoms with Gasteiger partial charge in [-0.1, -0.05) is 36.4 Å². The summed E-state index contributed by atoms with van der Waals surface area (Å²) in [5.74, 6) is 0.666. The summed E-state index contributed by atoms with van der Waals surface area (Å²) in [6.07, 6.45) is 4.27. The van der Waals surface area contributed by atoms with E-state index in [2.05, 4.69) is 24.0 Å². The molecule has 3 nitrogen and oxygen atoms in total. The van der Waals surface area contributed by atoms with Crippen LogP contribution in [-0.2, 0) is 6.42 Å².